The van der Waals surface area contributed by atoms with Crippen molar-refractivity contribution in [1.82, 2.24) is 15.3 Å². The number of nitrogens with zero attached hydrogens (tertiary/aromatic N) is 2. The Labute approximate surface area is 98.6 Å². The number of rotatable bonds is 3. The molecule has 0 amide bonds. The van der Waals surface area contributed by atoms with Gasteiger partial charge in [0, 0.05) is 5.39 Å². The first-order valence-corrected chi connectivity index (χ1v) is 5.27. The monoisotopic (exact) mass is 237 g/mol. The van der Waals surface area contributed by atoms with E-state index >= 15 is 0 Å². The molecule has 0 saturated carbocycles. The summed E-state index contributed by atoms with van der Waals surface area (Å²) in [5, 5.41) is 4.25. The van der Waals surface area contributed by atoms with Gasteiger partial charge in [-0.2, -0.15) is 0 Å². The van der Waals surface area contributed by atoms with Crippen LogP contribution in [-0.2, 0) is 6.54 Å². The van der Waals surface area contributed by atoms with Gasteiger partial charge < -0.3 is 10.1 Å². The molecule has 0 aliphatic heterocycles. The largest absolute Gasteiger partial charge is 0.494 e. The summed E-state index contributed by atoms with van der Waals surface area (Å²) in [6, 6.07) is 5.60. The molecule has 0 aliphatic rings. The molecule has 1 N–H and O–H groups in total. The number of ether oxygens (including phenoxy) is 1. The van der Waals surface area contributed by atoms with E-state index in [1.165, 1.54) is 0 Å². The van der Waals surface area contributed by atoms with Gasteiger partial charge in [0.2, 0.25) is 0 Å². The highest BCUT2D eigenvalue weighted by Crippen LogP contribution is 2.27. The number of nitrogens with one attached hydrogen (secondary N) is 1. The van der Waals surface area contributed by atoms with Crippen LogP contribution in [0.3, 0.4) is 0 Å². The van der Waals surface area contributed by atoms with Crippen LogP contribution in [0, 0.1) is 0 Å². The fourth-order valence-corrected chi connectivity index (χ4v) is 1.78. The van der Waals surface area contributed by atoms with Gasteiger partial charge in [-0.15, -0.1) is 0 Å². The Morgan fingerprint density at radius 1 is 1.38 bits per heavy atom. The number of aromatic nitrogens is 2. The number of halogens is 1. The van der Waals surface area contributed by atoms with Gasteiger partial charge in [-0.1, -0.05) is 17.7 Å². The highest BCUT2D eigenvalue weighted by Gasteiger charge is 2.09. The minimum atomic E-state index is 0.453. The minimum Gasteiger partial charge on any atom is -0.494 e. The van der Waals surface area contributed by atoms with Crippen molar-refractivity contribution in [3.8, 4) is 5.75 Å². The molecule has 0 unspecified atom stereocenters. The van der Waals surface area contributed by atoms with E-state index in [9.17, 15) is 0 Å². The summed E-state index contributed by atoms with van der Waals surface area (Å²) in [4.78, 5) is 8.62. The van der Waals surface area contributed by atoms with Crippen LogP contribution in [0.5, 0.6) is 5.75 Å². The fourth-order valence-electron chi connectivity index (χ4n) is 1.53. The quantitative estimate of drug-likeness (QED) is 0.830. The van der Waals surface area contributed by atoms with Gasteiger partial charge in [0.05, 0.1) is 13.7 Å². The van der Waals surface area contributed by atoms with Crippen LogP contribution in [0.2, 0.25) is 5.15 Å². The van der Waals surface area contributed by atoms with Crippen LogP contribution in [0.15, 0.2) is 18.2 Å². The molecule has 84 valence electrons. The van der Waals surface area contributed by atoms with E-state index in [-0.39, 0.29) is 0 Å². The Bertz CT molecular complexity index is 516. The second kappa shape index (κ2) is 4.63. The third kappa shape index (κ3) is 1.94. The van der Waals surface area contributed by atoms with E-state index in [1.54, 1.807) is 7.11 Å². The van der Waals surface area contributed by atoms with Crippen LogP contribution in [0.1, 0.15) is 5.82 Å². The zero-order chi connectivity index (χ0) is 11.5. The molecule has 0 radical (unpaired) electrons. The van der Waals surface area contributed by atoms with E-state index in [1.807, 2.05) is 25.2 Å². The van der Waals surface area contributed by atoms with Crippen molar-refractivity contribution in [3.63, 3.8) is 0 Å². The summed E-state index contributed by atoms with van der Waals surface area (Å²) in [6.07, 6.45) is 0. The van der Waals surface area contributed by atoms with Gasteiger partial charge in [0.15, 0.2) is 0 Å². The van der Waals surface area contributed by atoms with Crippen molar-refractivity contribution >= 4 is 22.5 Å². The molecule has 0 saturated heterocycles. The van der Waals surface area contributed by atoms with Crippen LogP contribution >= 0.6 is 11.6 Å². The number of para-hydroxylation sites is 1. The number of methoxy groups -OCH3 is 1. The molecule has 1 aromatic heterocycles. The first-order valence-electron chi connectivity index (χ1n) is 4.90. The number of hydrogen-bond acceptors (Lipinski definition) is 4. The topological polar surface area (TPSA) is 47.0 Å². The molecular weight excluding hydrogens is 226 g/mol. The van der Waals surface area contributed by atoms with Crippen molar-refractivity contribution < 1.29 is 4.74 Å². The third-order valence-electron chi connectivity index (χ3n) is 2.24. The third-order valence-corrected chi connectivity index (χ3v) is 2.53. The number of benzene rings is 1. The molecule has 1 aromatic carbocycles. The first kappa shape index (κ1) is 11.1. The molecule has 2 aromatic rings. The molecule has 0 atom stereocenters. The summed E-state index contributed by atoms with van der Waals surface area (Å²) in [5.74, 6) is 1.36. The van der Waals surface area contributed by atoms with Crippen molar-refractivity contribution in [2.24, 2.45) is 0 Å². The molecule has 0 fully saturated rings. The lowest BCUT2D eigenvalue weighted by Crippen LogP contribution is -2.09. The Hall–Kier alpha value is -1.39. The normalized spacial score (nSPS) is 10.7. The summed E-state index contributed by atoms with van der Waals surface area (Å²) in [6.45, 7) is 0.577. The lowest BCUT2D eigenvalue weighted by atomic mass is 10.2. The van der Waals surface area contributed by atoms with E-state index < -0.39 is 0 Å². The lowest BCUT2D eigenvalue weighted by Gasteiger charge is -2.07. The average molecular weight is 238 g/mol. The molecule has 0 bridgehead atoms. The smallest absolute Gasteiger partial charge is 0.145 e. The van der Waals surface area contributed by atoms with E-state index in [0.717, 1.165) is 10.9 Å². The van der Waals surface area contributed by atoms with Crippen molar-refractivity contribution in [2.75, 3.05) is 14.2 Å². The van der Waals surface area contributed by atoms with E-state index in [0.29, 0.717) is 23.3 Å². The molecule has 1 heterocycles. The molecule has 2 rings (SSSR count). The number of fused-ring (bicyclic) bond motifs is 1. The fraction of sp³-hybridized carbons (Fsp3) is 0.273. The highest BCUT2D eigenvalue weighted by molar-refractivity contribution is 6.34. The van der Waals surface area contributed by atoms with E-state index in [4.69, 9.17) is 16.3 Å². The van der Waals surface area contributed by atoms with Crippen molar-refractivity contribution in [3.05, 3.63) is 29.2 Å². The Morgan fingerprint density at radius 2 is 2.19 bits per heavy atom. The zero-order valence-electron chi connectivity index (χ0n) is 9.12. The molecule has 0 aliphatic carbocycles. The maximum atomic E-state index is 6.09. The predicted octanol–water partition coefficient (Wildman–Crippen LogP) is 2.01. The summed E-state index contributed by atoms with van der Waals surface area (Å²) in [5.41, 5.74) is 0.746. The van der Waals surface area contributed by atoms with Crippen LogP contribution < -0.4 is 10.1 Å². The van der Waals surface area contributed by atoms with Gasteiger partial charge >= 0.3 is 0 Å². The Kier molecular flexibility index (Phi) is 3.22. The number of hydrogen-bond donors (Lipinski definition) is 1. The van der Waals surface area contributed by atoms with Crippen LogP contribution in [0.25, 0.3) is 10.9 Å². The Balaban J connectivity index is 2.67. The predicted molar refractivity (Wildman–Crippen MR) is 63.9 cm³/mol. The van der Waals surface area contributed by atoms with Crippen LogP contribution in [0.4, 0.5) is 0 Å². The maximum Gasteiger partial charge on any atom is 0.145 e. The van der Waals surface area contributed by atoms with Crippen molar-refractivity contribution in [1.29, 1.82) is 0 Å². The summed E-state index contributed by atoms with van der Waals surface area (Å²) >= 11 is 6.09. The second-order valence-corrected chi connectivity index (χ2v) is 3.68. The van der Waals surface area contributed by atoms with Gasteiger partial charge in [-0.05, 0) is 19.2 Å². The van der Waals surface area contributed by atoms with Gasteiger partial charge in [-0.25, -0.2) is 9.97 Å². The average Bonchev–Trinajstić information content (AvgIpc) is 2.29. The van der Waals surface area contributed by atoms with E-state index in [2.05, 4.69) is 15.3 Å². The second-order valence-electron chi connectivity index (χ2n) is 3.32. The van der Waals surface area contributed by atoms with Gasteiger partial charge in [0.1, 0.15) is 22.2 Å². The summed E-state index contributed by atoms with van der Waals surface area (Å²) < 4.78 is 5.25. The standard InChI is InChI=1S/C11H12ClN3O/c1-13-6-9-14-10-7(11(12)15-9)4-3-5-8(10)16-2/h3-5,13H,6H2,1-2H3. The highest BCUT2D eigenvalue weighted by atomic mass is 35.5. The SMILES string of the molecule is CNCc1nc(Cl)c2cccc(OC)c2n1. The molecule has 4 nitrogen and oxygen atoms in total. The summed E-state index contributed by atoms with van der Waals surface area (Å²) in [7, 11) is 3.45. The minimum absolute atomic E-state index is 0.453. The van der Waals surface area contributed by atoms with Gasteiger partial charge in [0.25, 0.3) is 0 Å². The molecule has 5 heteroatoms. The molecule has 16 heavy (non-hydrogen) atoms. The first-order chi connectivity index (χ1) is 7.76. The molecular formula is C11H12ClN3O. The maximum absolute atomic E-state index is 6.09. The molecule has 0 spiro atoms. The zero-order valence-corrected chi connectivity index (χ0v) is 9.88. The van der Waals surface area contributed by atoms with Crippen molar-refractivity contribution in [2.45, 2.75) is 6.54 Å². The van der Waals surface area contributed by atoms with Crippen LogP contribution in [-0.4, -0.2) is 24.1 Å². The lowest BCUT2D eigenvalue weighted by molar-refractivity contribution is 0.418. The Morgan fingerprint density at radius 3 is 2.88 bits per heavy atom. The van der Waals surface area contributed by atoms with Gasteiger partial charge in [-0.3, -0.25) is 0 Å².